The van der Waals surface area contributed by atoms with Gasteiger partial charge in [-0.2, -0.15) is 0 Å². The van der Waals surface area contributed by atoms with E-state index in [0.29, 0.717) is 182 Å². The standard InChI is InChI=1S/C36H56O14/c1-3-7-35-33(5-1)47-29-25-43-21-19-41-17-15-39-13-11-37-9-10-38-12-14-40-16-18-42-20-22-44-26-30-48-34-6-2-4-8-36(34)50-32-28-46-24-23-45-27-31-49-35/h1-8H,9-32H2. The second kappa shape index (κ2) is 31.0. The Morgan fingerprint density at radius 1 is 0.200 bits per heavy atom. The number of hydrogen-bond donors (Lipinski definition) is 0. The Kier molecular flexibility index (Phi) is 25.8. The minimum Gasteiger partial charge on any atom is -0.487 e. The van der Waals surface area contributed by atoms with Crippen LogP contribution in [0, 0.1) is 0 Å². The average molecular weight is 713 g/mol. The summed E-state index contributed by atoms with van der Waals surface area (Å²) in [6.07, 6.45) is 0. The van der Waals surface area contributed by atoms with Gasteiger partial charge in [0.05, 0.1) is 132 Å². The third-order valence-corrected chi connectivity index (χ3v) is 6.62. The van der Waals surface area contributed by atoms with Crippen LogP contribution >= 0.6 is 0 Å². The van der Waals surface area contributed by atoms with E-state index in [1.807, 2.05) is 48.5 Å². The van der Waals surface area contributed by atoms with Gasteiger partial charge >= 0.3 is 0 Å². The maximum atomic E-state index is 5.86. The molecule has 14 heteroatoms. The molecule has 0 amide bonds. The number of para-hydroxylation sites is 4. The van der Waals surface area contributed by atoms with E-state index in [9.17, 15) is 0 Å². The first-order chi connectivity index (χ1) is 24.9. The van der Waals surface area contributed by atoms with E-state index >= 15 is 0 Å². The highest BCUT2D eigenvalue weighted by atomic mass is 16.6. The van der Waals surface area contributed by atoms with Gasteiger partial charge in [-0.05, 0) is 24.3 Å². The zero-order valence-corrected chi connectivity index (χ0v) is 29.3. The van der Waals surface area contributed by atoms with Crippen molar-refractivity contribution in [3.63, 3.8) is 0 Å². The lowest BCUT2D eigenvalue weighted by molar-refractivity contribution is -0.0241. The Labute approximate surface area is 296 Å². The van der Waals surface area contributed by atoms with E-state index in [1.165, 1.54) is 0 Å². The zero-order chi connectivity index (χ0) is 34.8. The molecule has 0 spiro atoms. The summed E-state index contributed by atoms with van der Waals surface area (Å²) in [6.45, 7) is 11.0. The number of rotatable bonds is 0. The van der Waals surface area contributed by atoms with E-state index < -0.39 is 0 Å². The molecule has 284 valence electrons. The van der Waals surface area contributed by atoms with E-state index in [4.69, 9.17) is 66.3 Å². The number of hydrogen-bond acceptors (Lipinski definition) is 14. The van der Waals surface area contributed by atoms with E-state index in [-0.39, 0.29) is 0 Å². The highest BCUT2D eigenvalue weighted by Crippen LogP contribution is 2.27. The van der Waals surface area contributed by atoms with Crippen LogP contribution in [0.3, 0.4) is 0 Å². The van der Waals surface area contributed by atoms with Gasteiger partial charge in [0.2, 0.25) is 0 Å². The average Bonchev–Trinajstić information content (AvgIpc) is 3.14. The van der Waals surface area contributed by atoms with Gasteiger partial charge in [0.15, 0.2) is 23.0 Å². The molecule has 0 saturated heterocycles. The van der Waals surface area contributed by atoms with Crippen LogP contribution in [0.15, 0.2) is 48.5 Å². The molecule has 0 radical (unpaired) electrons. The van der Waals surface area contributed by atoms with E-state index in [0.717, 1.165) is 0 Å². The lowest BCUT2D eigenvalue weighted by atomic mass is 10.3. The lowest BCUT2D eigenvalue weighted by Crippen LogP contribution is -2.16. The van der Waals surface area contributed by atoms with Crippen LogP contribution in [0.4, 0.5) is 0 Å². The van der Waals surface area contributed by atoms with Gasteiger partial charge in [-0.15, -0.1) is 0 Å². The molecule has 14 nitrogen and oxygen atoms in total. The van der Waals surface area contributed by atoms with Crippen LogP contribution in [0.5, 0.6) is 23.0 Å². The van der Waals surface area contributed by atoms with Crippen molar-refractivity contribution in [2.45, 2.75) is 0 Å². The second-order valence-electron chi connectivity index (χ2n) is 10.4. The van der Waals surface area contributed by atoms with Gasteiger partial charge in [-0.25, -0.2) is 0 Å². The molecule has 1 heterocycles. The first-order valence-electron chi connectivity index (χ1n) is 17.4. The van der Waals surface area contributed by atoms with Gasteiger partial charge in [0.1, 0.15) is 26.4 Å². The zero-order valence-electron chi connectivity index (χ0n) is 29.3. The molecule has 50 heavy (non-hydrogen) atoms. The number of benzene rings is 2. The highest BCUT2D eigenvalue weighted by Gasteiger charge is 2.06. The Hall–Kier alpha value is -2.76. The van der Waals surface area contributed by atoms with E-state index in [2.05, 4.69) is 0 Å². The third-order valence-electron chi connectivity index (χ3n) is 6.62. The summed E-state index contributed by atoms with van der Waals surface area (Å²) in [5, 5.41) is 0. The molecule has 1 aliphatic rings. The Balaban J connectivity index is 1.30. The molecule has 2 aromatic rings. The second-order valence-corrected chi connectivity index (χ2v) is 10.4. The van der Waals surface area contributed by atoms with Crippen LogP contribution in [-0.4, -0.2) is 159 Å². The van der Waals surface area contributed by atoms with Crippen LogP contribution in [0.2, 0.25) is 0 Å². The summed E-state index contributed by atoms with van der Waals surface area (Å²) in [5.74, 6) is 2.61. The summed E-state index contributed by atoms with van der Waals surface area (Å²) in [5.41, 5.74) is 0. The maximum absolute atomic E-state index is 5.86. The van der Waals surface area contributed by atoms with Crippen molar-refractivity contribution in [2.24, 2.45) is 0 Å². The topological polar surface area (TPSA) is 129 Å². The molecule has 0 atom stereocenters. The lowest BCUT2D eigenvalue weighted by Gasteiger charge is -2.14. The van der Waals surface area contributed by atoms with Crippen molar-refractivity contribution in [2.75, 3.05) is 159 Å². The summed E-state index contributed by atoms with van der Waals surface area (Å²) >= 11 is 0. The molecule has 0 aliphatic carbocycles. The van der Waals surface area contributed by atoms with Crippen LogP contribution in [0.1, 0.15) is 0 Å². The van der Waals surface area contributed by atoms with Crippen molar-refractivity contribution >= 4 is 0 Å². The largest absolute Gasteiger partial charge is 0.487 e. The quantitative estimate of drug-likeness (QED) is 0.397. The fraction of sp³-hybridized carbons (Fsp3) is 0.667. The molecular formula is C36H56O14. The minimum atomic E-state index is 0.383. The molecule has 0 unspecified atom stereocenters. The van der Waals surface area contributed by atoms with Gasteiger partial charge < -0.3 is 66.3 Å². The molecule has 0 saturated carbocycles. The monoisotopic (exact) mass is 712 g/mol. The Bertz CT molecular complexity index is 964. The smallest absolute Gasteiger partial charge is 0.161 e. The Morgan fingerprint density at radius 2 is 0.340 bits per heavy atom. The molecule has 3 rings (SSSR count). The van der Waals surface area contributed by atoms with Gasteiger partial charge in [-0.3, -0.25) is 0 Å². The fourth-order valence-electron chi connectivity index (χ4n) is 4.18. The van der Waals surface area contributed by atoms with Crippen molar-refractivity contribution in [3.05, 3.63) is 48.5 Å². The summed E-state index contributed by atoms with van der Waals surface area (Å²) in [7, 11) is 0. The number of ether oxygens (including phenoxy) is 14. The maximum Gasteiger partial charge on any atom is 0.161 e. The molecule has 0 aromatic heterocycles. The molecule has 2 aromatic carbocycles. The summed E-state index contributed by atoms with van der Waals surface area (Å²) in [6, 6.07) is 15.0. The van der Waals surface area contributed by atoms with Gasteiger partial charge in [0, 0.05) is 0 Å². The predicted molar refractivity (Wildman–Crippen MR) is 183 cm³/mol. The number of fused-ring (bicyclic) bond motifs is 2. The summed E-state index contributed by atoms with van der Waals surface area (Å²) in [4.78, 5) is 0. The van der Waals surface area contributed by atoms with Crippen molar-refractivity contribution < 1.29 is 66.3 Å². The molecule has 0 bridgehead atoms. The van der Waals surface area contributed by atoms with Crippen molar-refractivity contribution in [1.29, 1.82) is 0 Å². The molecule has 0 fully saturated rings. The van der Waals surface area contributed by atoms with Gasteiger partial charge in [0.25, 0.3) is 0 Å². The first kappa shape index (κ1) is 41.7. The Morgan fingerprint density at radius 3 is 0.500 bits per heavy atom. The predicted octanol–water partition coefficient (Wildman–Crippen LogP) is 3.08. The van der Waals surface area contributed by atoms with Gasteiger partial charge in [-0.1, -0.05) is 24.3 Å². The van der Waals surface area contributed by atoms with Crippen LogP contribution in [0.25, 0.3) is 0 Å². The highest BCUT2D eigenvalue weighted by molar-refractivity contribution is 5.40. The van der Waals surface area contributed by atoms with Crippen LogP contribution < -0.4 is 18.9 Å². The normalized spacial score (nSPS) is 20.3. The van der Waals surface area contributed by atoms with Crippen molar-refractivity contribution in [1.82, 2.24) is 0 Å². The first-order valence-corrected chi connectivity index (χ1v) is 17.4. The minimum absolute atomic E-state index is 0.383. The van der Waals surface area contributed by atoms with Crippen molar-refractivity contribution in [3.8, 4) is 23.0 Å². The fourth-order valence-corrected chi connectivity index (χ4v) is 4.18. The molecular weight excluding hydrogens is 656 g/mol. The molecule has 1 aliphatic heterocycles. The summed E-state index contributed by atoms with van der Waals surface area (Å²) < 4.78 is 79.0. The SMILES string of the molecule is c1ccc2c(c1)OCCOCCOCCOCCOCCOCCOCCOCCOCCOc1ccccc1OCCOCCOCCO2. The molecule has 0 N–H and O–H groups in total. The third kappa shape index (κ3) is 22.1. The van der Waals surface area contributed by atoms with E-state index in [1.54, 1.807) is 0 Å². The van der Waals surface area contributed by atoms with Crippen LogP contribution in [-0.2, 0) is 47.4 Å².